The fraction of sp³-hybridized carbons (Fsp3) is 0.533. The summed E-state index contributed by atoms with van der Waals surface area (Å²) in [6, 6.07) is 5.80. The van der Waals surface area contributed by atoms with E-state index in [0.717, 1.165) is 30.7 Å². The predicted octanol–water partition coefficient (Wildman–Crippen LogP) is 2.50. The van der Waals surface area contributed by atoms with E-state index in [1.807, 2.05) is 39.0 Å². The van der Waals surface area contributed by atoms with E-state index in [-0.39, 0.29) is 11.8 Å². The lowest BCUT2D eigenvalue weighted by Gasteiger charge is -2.14. The monoisotopic (exact) mass is 249 g/mol. The van der Waals surface area contributed by atoms with Gasteiger partial charge in [-0.15, -0.1) is 0 Å². The first kappa shape index (κ1) is 14.9. The Morgan fingerprint density at radius 2 is 2.11 bits per heavy atom. The van der Waals surface area contributed by atoms with Gasteiger partial charge < -0.3 is 10.1 Å². The molecule has 0 heterocycles. The van der Waals surface area contributed by atoms with Crippen molar-refractivity contribution in [2.45, 2.75) is 33.2 Å². The summed E-state index contributed by atoms with van der Waals surface area (Å²) in [5.74, 6) is 0.157. The molecule has 0 fully saturated rings. The summed E-state index contributed by atoms with van der Waals surface area (Å²) in [6.45, 7) is 7.45. The van der Waals surface area contributed by atoms with Gasteiger partial charge in [-0.2, -0.15) is 0 Å². The Morgan fingerprint density at radius 3 is 2.72 bits per heavy atom. The normalized spacial score (nSPS) is 12.4. The third-order valence-corrected chi connectivity index (χ3v) is 3.02. The number of Topliss-reactive ketones (excluding diaryl/α,β-unsaturated/α-hetero) is 1. The van der Waals surface area contributed by atoms with Crippen molar-refractivity contribution < 1.29 is 9.53 Å². The number of nitrogens with one attached hydrogen (secondary N) is 1. The smallest absolute Gasteiger partial charge is 0.179 e. The van der Waals surface area contributed by atoms with E-state index in [1.165, 1.54) is 5.56 Å². The van der Waals surface area contributed by atoms with Crippen LogP contribution in [-0.4, -0.2) is 32.1 Å². The van der Waals surface area contributed by atoms with Gasteiger partial charge in [0.1, 0.15) is 0 Å². The molecule has 0 spiro atoms. The van der Waals surface area contributed by atoms with E-state index in [0.29, 0.717) is 0 Å². The van der Waals surface area contributed by atoms with Crippen molar-refractivity contribution in [1.29, 1.82) is 0 Å². The molecule has 0 amide bonds. The summed E-state index contributed by atoms with van der Waals surface area (Å²) in [6.07, 6.45) is 0.918. The number of hydrogen-bond acceptors (Lipinski definition) is 3. The first-order chi connectivity index (χ1) is 8.56. The maximum Gasteiger partial charge on any atom is 0.179 e. The molecule has 0 aromatic heterocycles. The lowest BCUT2D eigenvalue weighted by molar-refractivity contribution is 0.0948. The molecule has 0 aliphatic carbocycles. The molecule has 1 atom stereocenters. The maximum atomic E-state index is 12.2. The first-order valence-electron chi connectivity index (χ1n) is 6.40. The van der Waals surface area contributed by atoms with Gasteiger partial charge in [0.25, 0.3) is 0 Å². The summed E-state index contributed by atoms with van der Waals surface area (Å²) >= 11 is 0. The number of ether oxygens (including phenoxy) is 1. The molecular formula is C15H23NO2. The summed E-state index contributed by atoms with van der Waals surface area (Å²) in [5.41, 5.74) is 3.04. The van der Waals surface area contributed by atoms with Crippen LogP contribution in [0.2, 0.25) is 0 Å². The third-order valence-electron chi connectivity index (χ3n) is 3.02. The Bertz CT molecular complexity index is 401. The van der Waals surface area contributed by atoms with E-state index in [4.69, 9.17) is 4.74 Å². The van der Waals surface area contributed by atoms with Crippen LogP contribution in [0.4, 0.5) is 0 Å². The summed E-state index contributed by atoms with van der Waals surface area (Å²) < 4.78 is 4.98. The number of ketones is 1. The van der Waals surface area contributed by atoms with Gasteiger partial charge in [0.15, 0.2) is 5.78 Å². The second-order valence-corrected chi connectivity index (χ2v) is 4.70. The van der Waals surface area contributed by atoms with Crippen molar-refractivity contribution >= 4 is 5.78 Å². The highest BCUT2D eigenvalue weighted by Gasteiger charge is 2.16. The highest BCUT2D eigenvalue weighted by atomic mass is 16.5. The van der Waals surface area contributed by atoms with Gasteiger partial charge in [-0.1, -0.05) is 23.8 Å². The first-order valence-corrected chi connectivity index (χ1v) is 6.40. The minimum Gasteiger partial charge on any atom is -0.385 e. The standard InChI is InChI=1S/C15H23NO2/c1-11-6-7-14(12(2)10-11)15(17)13(3)16-8-5-9-18-4/h6-7,10,13,16H,5,8-9H2,1-4H3. The zero-order valence-corrected chi connectivity index (χ0v) is 11.7. The molecule has 18 heavy (non-hydrogen) atoms. The Hall–Kier alpha value is -1.19. The molecule has 0 radical (unpaired) electrons. The molecule has 3 heteroatoms. The Morgan fingerprint density at radius 1 is 1.39 bits per heavy atom. The Labute approximate surface area is 110 Å². The van der Waals surface area contributed by atoms with Crippen LogP contribution in [0.15, 0.2) is 18.2 Å². The zero-order chi connectivity index (χ0) is 13.5. The van der Waals surface area contributed by atoms with Crippen molar-refractivity contribution in [3.05, 3.63) is 34.9 Å². The predicted molar refractivity (Wildman–Crippen MR) is 74.2 cm³/mol. The number of methoxy groups -OCH3 is 1. The quantitative estimate of drug-likeness (QED) is 0.596. The van der Waals surface area contributed by atoms with Gasteiger partial charge in [0.05, 0.1) is 6.04 Å². The molecule has 0 saturated heterocycles. The van der Waals surface area contributed by atoms with Crippen molar-refractivity contribution in [3.63, 3.8) is 0 Å². The summed E-state index contributed by atoms with van der Waals surface area (Å²) in [4.78, 5) is 12.2. The highest BCUT2D eigenvalue weighted by Crippen LogP contribution is 2.12. The molecule has 1 rings (SSSR count). The Kier molecular flexibility index (Phi) is 6.02. The van der Waals surface area contributed by atoms with Crippen LogP contribution in [0.1, 0.15) is 34.8 Å². The average Bonchev–Trinajstić information content (AvgIpc) is 2.33. The second-order valence-electron chi connectivity index (χ2n) is 4.70. The second kappa shape index (κ2) is 7.29. The number of rotatable bonds is 7. The number of aryl methyl sites for hydroxylation is 2. The van der Waals surface area contributed by atoms with Gasteiger partial charge >= 0.3 is 0 Å². The highest BCUT2D eigenvalue weighted by molar-refractivity contribution is 6.01. The fourth-order valence-electron chi connectivity index (χ4n) is 1.95. The van der Waals surface area contributed by atoms with Gasteiger partial charge in [-0.05, 0) is 39.3 Å². The molecule has 1 aromatic rings. The van der Waals surface area contributed by atoms with Crippen LogP contribution in [-0.2, 0) is 4.74 Å². The van der Waals surface area contributed by atoms with Gasteiger partial charge in [0, 0.05) is 19.3 Å². The van der Waals surface area contributed by atoms with E-state index in [1.54, 1.807) is 7.11 Å². The molecule has 1 N–H and O–H groups in total. The molecule has 1 unspecified atom stereocenters. The van der Waals surface area contributed by atoms with Crippen LogP contribution in [0, 0.1) is 13.8 Å². The van der Waals surface area contributed by atoms with E-state index in [2.05, 4.69) is 5.32 Å². The van der Waals surface area contributed by atoms with Gasteiger partial charge in [0.2, 0.25) is 0 Å². The molecule has 100 valence electrons. The van der Waals surface area contributed by atoms with E-state index >= 15 is 0 Å². The lowest BCUT2D eigenvalue weighted by atomic mass is 9.98. The zero-order valence-electron chi connectivity index (χ0n) is 11.7. The van der Waals surface area contributed by atoms with Crippen molar-refractivity contribution in [3.8, 4) is 0 Å². The van der Waals surface area contributed by atoms with Crippen molar-refractivity contribution in [1.82, 2.24) is 5.32 Å². The molecule has 0 saturated carbocycles. The number of hydrogen-bond donors (Lipinski definition) is 1. The SMILES string of the molecule is COCCCNC(C)C(=O)c1ccc(C)cc1C. The molecule has 0 bridgehead atoms. The van der Waals surface area contributed by atoms with Crippen LogP contribution in [0.3, 0.4) is 0 Å². The average molecular weight is 249 g/mol. The number of carbonyl (C=O) groups excluding carboxylic acids is 1. The maximum absolute atomic E-state index is 12.2. The molecule has 3 nitrogen and oxygen atoms in total. The molecular weight excluding hydrogens is 226 g/mol. The topological polar surface area (TPSA) is 38.3 Å². The van der Waals surface area contributed by atoms with Crippen LogP contribution < -0.4 is 5.32 Å². The van der Waals surface area contributed by atoms with Gasteiger partial charge in [-0.25, -0.2) is 0 Å². The summed E-state index contributed by atoms with van der Waals surface area (Å²) in [7, 11) is 1.68. The number of benzene rings is 1. The van der Waals surface area contributed by atoms with E-state index in [9.17, 15) is 4.79 Å². The Balaban J connectivity index is 2.57. The van der Waals surface area contributed by atoms with Crippen LogP contribution in [0.5, 0.6) is 0 Å². The van der Waals surface area contributed by atoms with Crippen LogP contribution in [0.25, 0.3) is 0 Å². The number of carbonyl (C=O) groups is 1. The minimum absolute atomic E-state index is 0.150. The minimum atomic E-state index is -0.150. The van der Waals surface area contributed by atoms with Crippen molar-refractivity contribution in [2.24, 2.45) is 0 Å². The summed E-state index contributed by atoms with van der Waals surface area (Å²) in [5, 5.41) is 3.23. The molecule has 1 aromatic carbocycles. The lowest BCUT2D eigenvalue weighted by Crippen LogP contribution is -2.35. The van der Waals surface area contributed by atoms with E-state index < -0.39 is 0 Å². The van der Waals surface area contributed by atoms with Gasteiger partial charge in [-0.3, -0.25) is 4.79 Å². The molecule has 0 aliphatic rings. The third kappa shape index (κ3) is 4.24. The fourth-order valence-corrected chi connectivity index (χ4v) is 1.95. The largest absolute Gasteiger partial charge is 0.385 e. The van der Waals surface area contributed by atoms with Crippen LogP contribution >= 0.6 is 0 Å². The molecule has 0 aliphatic heterocycles. The van der Waals surface area contributed by atoms with Crippen molar-refractivity contribution in [2.75, 3.05) is 20.3 Å².